The van der Waals surface area contributed by atoms with E-state index in [1.807, 2.05) is 43.4 Å². The molecule has 0 atom stereocenters. The zero-order valence-electron chi connectivity index (χ0n) is 13.6. The Hall–Kier alpha value is -2.50. The molecule has 3 aromatic heterocycles. The first-order valence-corrected chi connectivity index (χ1v) is 9.03. The normalized spacial score (nSPS) is 11.0. The molecular formula is C19H15ClN4S. The maximum Gasteiger partial charge on any atom is 0.162 e. The van der Waals surface area contributed by atoms with Crippen molar-refractivity contribution in [1.29, 1.82) is 0 Å². The highest BCUT2D eigenvalue weighted by Gasteiger charge is 2.13. The number of halogens is 1. The van der Waals surface area contributed by atoms with Crippen LogP contribution in [-0.4, -0.2) is 22.0 Å². The van der Waals surface area contributed by atoms with Crippen molar-refractivity contribution in [2.75, 3.05) is 11.9 Å². The number of para-hydroxylation sites is 1. The molecule has 4 nitrogen and oxygen atoms in total. The smallest absolute Gasteiger partial charge is 0.162 e. The Balaban J connectivity index is 1.80. The van der Waals surface area contributed by atoms with Crippen LogP contribution in [0.25, 0.3) is 22.3 Å². The van der Waals surface area contributed by atoms with Crippen LogP contribution in [-0.2, 0) is 6.54 Å². The number of rotatable bonds is 4. The summed E-state index contributed by atoms with van der Waals surface area (Å²) >= 11 is 7.65. The number of nitrogens with zero attached hydrogens (tertiary/aromatic N) is 4. The molecule has 6 heteroatoms. The minimum absolute atomic E-state index is 0.701. The van der Waals surface area contributed by atoms with Crippen LogP contribution >= 0.6 is 22.9 Å². The Morgan fingerprint density at radius 3 is 2.56 bits per heavy atom. The van der Waals surface area contributed by atoms with Gasteiger partial charge in [-0.3, -0.25) is 4.98 Å². The van der Waals surface area contributed by atoms with Gasteiger partial charge in [0.15, 0.2) is 5.82 Å². The van der Waals surface area contributed by atoms with Gasteiger partial charge < -0.3 is 4.90 Å². The topological polar surface area (TPSA) is 41.9 Å². The number of aromatic nitrogens is 3. The summed E-state index contributed by atoms with van der Waals surface area (Å²) in [7, 11) is 2.04. The fourth-order valence-corrected chi connectivity index (χ4v) is 3.87. The predicted octanol–water partition coefficient (Wildman–Crippen LogP) is 5.04. The van der Waals surface area contributed by atoms with Crippen molar-refractivity contribution in [2.45, 2.75) is 6.54 Å². The highest BCUT2D eigenvalue weighted by atomic mass is 35.5. The first-order valence-electron chi connectivity index (χ1n) is 7.83. The molecule has 4 aromatic rings. The molecule has 0 saturated heterocycles. The molecule has 0 aliphatic carbocycles. The van der Waals surface area contributed by atoms with E-state index in [9.17, 15) is 0 Å². The van der Waals surface area contributed by atoms with Gasteiger partial charge in [0.25, 0.3) is 0 Å². The van der Waals surface area contributed by atoms with E-state index in [1.165, 1.54) is 4.88 Å². The number of pyridine rings is 1. The molecule has 0 aliphatic heterocycles. The lowest BCUT2D eigenvalue weighted by Crippen LogP contribution is -2.18. The minimum Gasteiger partial charge on any atom is -0.354 e. The largest absolute Gasteiger partial charge is 0.354 e. The molecule has 0 aliphatic rings. The van der Waals surface area contributed by atoms with E-state index >= 15 is 0 Å². The van der Waals surface area contributed by atoms with Crippen molar-refractivity contribution < 1.29 is 0 Å². The van der Waals surface area contributed by atoms with E-state index in [2.05, 4.69) is 22.0 Å². The summed E-state index contributed by atoms with van der Waals surface area (Å²) in [4.78, 5) is 17.0. The fraction of sp³-hybridized carbons (Fsp3) is 0.105. The van der Waals surface area contributed by atoms with E-state index in [4.69, 9.17) is 21.6 Å². The van der Waals surface area contributed by atoms with Crippen LogP contribution in [0.2, 0.25) is 4.34 Å². The molecule has 0 fully saturated rings. The Kier molecular flexibility index (Phi) is 4.34. The van der Waals surface area contributed by atoms with E-state index in [0.29, 0.717) is 5.82 Å². The van der Waals surface area contributed by atoms with Crippen LogP contribution < -0.4 is 4.90 Å². The summed E-state index contributed by atoms with van der Waals surface area (Å²) < 4.78 is 0.799. The second-order valence-electron chi connectivity index (χ2n) is 5.69. The number of fused-ring (bicyclic) bond motifs is 1. The zero-order chi connectivity index (χ0) is 17.2. The van der Waals surface area contributed by atoms with Crippen molar-refractivity contribution in [3.05, 3.63) is 70.1 Å². The Morgan fingerprint density at radius 1 is 1.00 bits per heavy atom. The van der Waals surface area contributed by atoms with Gasteiger partial charge in [0.05, 0.1) is 16.4 Å². The van der Waals surface area contributed by atoms with Gasteiger partial charge in [-0.25, -0.2) is 9.97 Å². The van der Waals surface area contributed by atoms with Crippen molar-refractivity contribution >= 4 is 39.7 Å². The van der Waals surface area contributed by atoms with Gasteiger partial charge in [-0.1, -0.05) is 23.7 Å². The Labute approximate surface area is 154 Å². The zero-order valence-corrected chi connectivity index (χ0v) is 15.1. The van der Waals surface area contributed by atoms with Crippen LogP contribution in [0.5, 0.6) is 0 Å². The van der Waals surface area contributed by atoms with E-state index in [-0.39, 0.29) is 0 Å². The Morgan fingerprint density at radius 2 is 1.80 bits per heavy atom. The minimum atomic E-state index is 0.701. The van der Waals surface area contributed by atoms with E-state index < -0.39 is 0 Å². The lowest BCUT2D eigenvalue weighted by atomic mass is 10.2. The Bertz CT molecular complexity index is 1020. The summed E-state index contributed by atoms with van der Waals surface area (Å²) in [5.74, 6) is 1.61. The highest BCUT2D eigenvalue weighted by Crippen LogP contribution is 2.29. The number of benzene rings is 1. The molecule has 124 valence electrons. The second kappa shape index (κ2) is 6.78. The molecule has 0 unspecified atom stereocenters. The summed E-state index contributed by atoms with van der Waals surface area (Å²) in [5, 5.41) is 1.03. The number of hydrogen-bond donors (Lipinski definition) is 0. The van der Waals surface area contributed by atoms with Crippen LogP contribution in [0.4, 0.5) is 5.82 Å². The van der Waals surface area contributed by atoms with Crippen molar-refractivity contribution in [3.8, 4) is 11.4 Å². The van der Waals surface area contributed by atoms with Gasteiger partial charge >= 0.3 is 0 Å². The average Bonchev–Trinajstić information content (AvgIpc) is 3.06. The van der Waals surface area contributed by atoms with Gasteiger partial charge in [-0.15, -0.1) is 11.3 Å². The molecule has 0 radical (unpaired) electrons. The van der Waals surface area contributed by atoms with Crippen molar-refractivity contribution in [1.82, 2.24) is 15.0 Å². The molecule has 0 N–H and O–H groups in total. The van der Waals surface area contributed by atoms with Gasteiger partial charge in [-0.05, 0) is 36.4 Å². The molecule has 25 heavy (non-hydrogen) atoms. The first-order chi connectivity index (χ1) is 12.2. The van der Waals surface area contributed by atoms with Crippen LogP contribution in [0.15, 0.2) is 60.9 Å². The maximum absolute atomic E-state index is 6.06. The maximum atomic E-state index is 6.06. The van der Waals surface area contributed by atoms with Crippen LogP contribution in [0, 0.1) is 0 Å². The summed E-state index contributed by atoms with van der Waals surface area (Å²) in [6.07, 6.45) is 3.51. The quantitative estimate of drug-likeness (QED) is 0.507. The number of hydrogen-bond acceptors (Lipinski definition) is 5. The van der Waals surface area contributed by atoms with Crippen molar-refractivity contribution in [2.24, 2.45) is 0 Å². The standard InChI is InChI=1S/C19H15ClN4S/c1-24(12-14-6-7-17(20)25-14)19-15-4-2-3-5-16(15)22-18(23-19)13-8-10-21-11-9-13/h2-11H,12H2,1H3. The third-order valence-electron chi connectivity index (χ3n) is 3.91. The molecule has 0 saturated carbocycles. The molecule has 4 rings (SSSR count). The van der Waals surface area contributed by atoms with Crippen molar-refractivity contribution in [3.63, 3.8) is 0 Å². The summed E-state index contributed by atoms with van der Waals surface area (Å²) in [6.45, 7) is 0.744. The average molecular weight is 367 g/mol. The summed E-state index contributed by atoms with van der Waals surface area (Å²) in [5.41, 5.74) is 1.88. The SMILES string of the molecule is CN(Cc1ccc(Cl)s1)c1nc(-c2ccncc2)nc2ccccc12. The lowest BCUT2D eigenvalue weighted by Gasteiger charge is -2.20. The van der Waals surface area contributed by atoms with Crippen LogP contribution in [0.3, 0.4) is 0 Å². The molecule has 0 bridgehead atoms. The predicted molar refractivity (Wildman–Crippen MR) is 104 cm³/mol. The number of anilines is 1. The first kappa shape index (κ1) is 16.0. The van der Waals surface area contributed by atoms with Crippen LogP contribution in [0.1, 0.15) is 4.88 Å². The molecule has 1 aromatic carbocycles. The molecule has 0 amide bonds. The highest BCUT2D eigenvalue weighted by molar-refractivity contribution is 7.16. The second-order valence-corrected chi connectivity index (χ2v) is 7.49. The lowest BCUT2D eigenvalue weighted by molar-refractivity contribution is 0.916. The molecule has 3 heterocycles. The van der Waals surface area contributed by atoms with Gasteiger partial charge in [-0.2, -0.15) is 0 Å². The third-order valence-corrected chi connectivity index (χ3v) is 5.12. The van der Waals surface area contributed by atoms with E-state index in [1.54, 1.807) is 23.7 Å². The fourth-order valence-electron chi connectivity index (χ4n) is 2.73. The van der Waals surface area contributed by atoms with Gasteiger partial charge in [0.2, 0.25) is 0 Å². The number of thiophene rings is 1. The third kappa shape index (κ3) is 3.34. The van der Waals surface area contributed by atoms with E-state index in [0.717, 1.165) is 33.2 Å². The monoisotopic (exact) mass is 366 g/mol. The van der Waals surface area contributed by atoms with Gasteiger partial charge in [0, 0.05) is 35.3 Å². The van der Waals surface area contributed by atoms with Gasteiger partial charge in [0.1, 0.15) is 5.82 Å². The summed E-state index contributed by atoms with van der Waals surface area (Å²) in [6, 6.07) is 15.9. The molecular weight excluding hydrogens is 352 g/mol. The molecule has 0 spiro atoms.